The molecule has 3 nitrogen and oxygen atoms in total. The molecule has 3 aromatic carbocycles. The summed E-state index contributed by atoms with van der Waals surface area (Å²) in [5.41, 5.74) is 3.08. The molecule has 0 fully saturated rings. The predicted molar refractivity (Wildman–Crippen MR) is 110 cm³/mol. The second-order valence-electron chi connectivity index (χ2n) is 6.26. The van der Waals surface area contributed by atoms with Crippen molar-refractivity contribution in [1.82, 2.24) is 9.97 Å². The van der Waals surface area contributed by atoms with Crippen molar-refractivity contribution in [2.24, 2.45) is 0 Å². The number of aromatic nitrogens is 2. The highest BCUT2D eigenvalue weighted by Crippen LogP contribution is 2.37. The van der Waals surface area contributed by atoms with Crippen LogP contribution in [0, 0.1) is 6.92 Å². The summed E-state index contributed by atoms with van der Waals surface area (Å²) >= 11 is 12.4. The second-order valence-corrected chi connectivity index (χ2v) is 7.11. The molecule has 1 atom stereocenters. The molecule has 0 aliphatic heterocycles. The first-order valence-electron chi connectivity index (χ1n) is 8.48. The summed E-state index contributed by atoms with van der Waals surface area (Å²) in [6.45, 7) is 2.10. The Hall–Kier alpha value is -2.62. The molecule has 0 radical (unpaired) electrons. The van der Waals surface area contributed by atoms with Gasteiger partial charge in [-0.1, -0.05) is 59.6 Å². The lowest BCUT2D eigenvalue weighted by Gasteiger charge is -2.22. The highest BCUT2D eigenvalue weighted by atomic mass is 35.5. The first-order chi connectivity index (χ1) is 13.1. The van der Waals surface area contributed by atoms with E-state index in [1.807, 2.05) is 12.1 Å². The van der Waals surface area contributed by atoms with Crippen LogP contribution in [0.2, 0.25) is 10.0 Å². The lowest BCUT2D eigenvalue weighted by Crippen LogP contribution is -2.11. The van der Waals surface area contributed by atoms with Crippen molar-refractivity contribution < 1.29 is 4.74 Å². The molecular weight excluding hydrogens is 379 g/mol. The Morgan fingerprint density at radius 2 is 1.63 bits per heavy atom. The topological polar surface area (TPSA) is 35.0 Å². The standard InChI is InChI=1S/C22H16Cl2N2O/c1-14-6-8-19(18-5-3-2-4-17(14)18)22(15-11-25-13-26-12-15)27-21-9-7-16(23)10-20(21)24/h2-13,22H,1H3. The van der Waals surface area contributed by atoms with Gasteiger partial charge < -0.3 is 4.74 Å². The van der Waals surface area contributed by atoms with Gasteiger partial charge in [0.05, 0.1) is 5.02 Å². The summed E-state index contributed by atoms with van der Waals surface area (Å²) in [5.74, 6) is 0.555. The third-order valence-electron chi connectivity index (χ3n) is 4.48. The molecule has 0 saturated heterocycles. The highest BCUT2D eigenvalue weighted by Gasteiger charge is 2.21. The van der Waals surface area contributed by atoms with E-state index in [2.05, 4.69) is 41.2 Å². The number of rotatable bonds is 4. The molecule has 1 unspecified atom stereocenters. The van der Waals surface area contributed by atoms with E-state index in [-0.39, 0.29) is 0 Å². The summed E-state index contributed by atoms with van der Waals surface area (Å²) in [6, 6.07) is 17.7. The Balaban J connectivity index is 1.88. The molecule has 4 aromatic rings. The average molecular weight is 395 g/mol. The van der Waals surface area contributed by atoms with E-state index in [0.29, 0.717) is 15.8 Å². The van der Waals surface area contributed by atoms with Crippen LogP contribution in [0.1, 0.15) is 22.8 Å². The molecule has 134 valence electrons. The lowest BCUT2D eigenvalue weighted by atomic mass is 9.94. The molecule has 0 amide bonds. The van der Waals surface area contributed by atoms with Crippen molar-refractivity contribution in [3.63, 3.8) is 0 Å². The molecular formula is C22H16Cl2N2O. The van der Waals surface area contributed by atoms with Gasteiger partial charge in [0.25, 0.3) is 0 Å². The van der Waals surface area contributed by atoms with E-state index in [1.54, 1.807) is 30.6 Å². The van der Waals surface area contributed by atoms with Crippen LogP contribution >= 0.6 is 23.2 Å². The van der Waals surface area contributed by atoms with Crippen molar-refractivity contribution in [2.75, 3.05) is 0 Å². The summed E-state index contributed by atoms with van der Waals surface area (Å²) in [6.07, 6.45) is 4.62. The van der Waals surface area contributed by atoms with Crippen LogP contribution in [0.3, 0.4) is 0 Å². The quantitative estimate of drug-likeness (QED) is 0.400. The zero-order valence-corrected chi connectivity index (χ0v) is 16.1. The normalized spacial score (nSPS) is 12.1. The Bertz CT molecular complexity index is 1100. The van der Waals surface area contributed by atoms with Gasteiger partial charge in [-0.3, -0.25) is 0 Å². The van der Waals surface area contributed by atoms with Crippen LogP contribution < -0.4 is 4.74 Å². The number of hydrogen-bond acceptors (Lipinski definition) is 3. The van der Waals surface area contributed by atoms with E-state index < -0.39 is 6.10 Å². The van der Waals surface area contributed by atoms with E-state index >= 15 is 0 Å². The molecule has 0 N–H and O–H groups in total. The molecule has 0 aliphatic carbocycles. The van der Waals surface area contributed by atoms with Gasteiger partial charge in [-0.15, -0.1) is 0 Å². The van der Waals surface area contributed by atoms with Gasteiger partial charge in [0.2, 0.25) is 0 Å². The minimum atomic E-state index is -0.407. The summed E-state index contributed by atoms with van der Waals surface area (Å²) < 4.78 is 6.35. The number of hydrogen-bond donors (Lipinski definition) is 0. The number of benzene rings is 3. The molecule has 27 heavy (non-hydrogen) atoms. The van der Waals surface area contributed by atoms with E-state index in [9.17, 15) is 0 Å². The van der Waals surface area contributed by atoms with Crippen LogP contribution in [0.25, 0.3) is 10.8 Å². The third-order valence-corrected chi connectivity index (χ3v) is 5.01. The van der Waals surface area contributed by atoms with E-state index in [0.717, 1.165) is 16.5 Å². The van der Waals surface area contributed by atoms with E-state index in [4.69, 9.17) is 27.9 Å². The van der Waals surface area contributed by atoms with Crippen molar-refractivity contribution in [2.45, 2.75) is 13.0 Å². The summed E-state index contributed by atoms with van der Waals surface area (Å²) in [5, 5.41) is 3.33. The Morgan fingerprint density at radius 3 is 2.37 bits per heavy atom. The van der Waals surface area contributed by atoms with Crippen LogP contribution in [-0.4, -0.2) is 9.97 Å². The molecule has 0 aliphatic rings. The smallest absolute Gasteiger partial charge is 0.152 e. The highest BCUT2D eigenvalue weighted by molar-refractivity contribution is 6.35. The van der Waals surface area contributed by atoms with Gasteiger partial charge in [-0.25, -0.2) is 9.97 Å². The monoisotopic (exact) mass is 394 g/mol. The van der Waals surface area contributed by atoms with Crippen LogP contribution in [0.4, 0.5) is 0 Å². The molecule has 0 bridgehead atoms. The minimum absolute atomic E-state index is 0.407. The number of nitrogens with zero attached hydrogens (tertiary/aromatic N) is 2. The molecule has 4 rings (SSSR count). The van der Waals surface area contributed by atoms with Crippen molar-refractivity contribution in [3.05, 3.63) is 100 Å². The number of fused-ring (bicyclic) bond motifs is 1. The zero-order chi connectivity index (χ0) is 18.8. The van der Waals surface area contributed by atoms with Crippen molar-refractivity contribution >= 4 is 34.0 Å². The Labute approximate surface area is 167 Å². The second kappa shape index (κ2) is 7.55. The fraction of sp³-hybridized carbons (Fsp3) is 0.0909. The number of ether oxygens (including phenoxy) is 1. The van der Waals surface area contributed by atoms with Gasteiger partial charge in [0, 0.05) is 28.5 Å². The maximum atomic E-state index is 6.35. The van der Waals surface area contributed by atoms with Gasteiger partial charge >= 0.3 is 0 Å². The Morgan fingerprint density at radius 1 is 0.889 bits per heavy atom. The zero-order valence-electron chi connectivity index (χ0n) is 14.6. The maximum Gasteiger partial charge on any atom is 0.152 e. The Kier molecular flexibility index (Phi) is 4.97. The fourth-order valence-corrected chi connectivity index (χ4v) is 3.61. The number of aryl methyl sites for hydroxylation is 1. The largest absolute Gasteiger partial charge is 0.479 e. The van der Waals surface area contributed by atoms with Crippen LogP contribution in [-0.2, 0) is 0 Å². The third kappa shape index (κ3) is 3.61. The average Bonchev–Trinajstić information content (AvgIpc) is 2.69. The SMILES string of the molecule is Cc1ccc(C(Oc2ccc(Cl)cc2Cl)c2cncnc2)c2ccccc12. The van der Waals surface area contributed by atoms with Gasteiger partial charge in [-0.05, 0) is 41.5 Å². The minimum Gasteiger partial charge on any atom is -0.479 e. The van der Waals surface area contributed by atoms with Crippen LogP contribution in [0.5, 0.6) is 5.75 Å². The summed E-state index contributed by atoms with van der Waals surface area (Å²) in [7, 11) is 0. The molecule has 1 aromatic heterocycles. The lowest BCUT2D eigenvalue weighted by molar-refractivity contribution is 0.248. The summed E-state index contributed by atoms with van der Waals surface area (Å²) in [4.78, 5) is 8.32. The van der Waals surface area contributed by atoms with Crippen molar-refractivity contribution in [1.29, 1.82) is 0 Å². The van der Waals surface area contributed by atoms with Gasteiger partial charge in [-0.2, -0.15) is 0 Å². The van der Waals surface area contributed by atoms with Crippen molar-refractivity contribution in [3.8, 4) is 5.75 Å². The first kappa shape index (κ1) is 17.8. The van der Waals surface area contributed by atoms with Gasteiger partial charge in [0.15, 0.2) is 6.10 Å². The molecule has 5 heteroatoms. The predicted octanol–water partition coefficient (Wildman–Crippen LogP) is 6.41. The number of halogens is 2. The van der Waals surface area contributed by atoms with Gasteiger partial charge in [0.1, 0.15) is 12.1 Å². The van der Waals surface area contributed by atoms with E-state index in [1.165, 1.54) is 17.3 Å². The maximum absolute atomic E-state index is 6.35. The fourth-order valence-electron chi connectivity index (χ4n) is 3.16. The molecule has 0 spiro atoms. The first-order valence-corrected chi connectivity index (χ1v) is 9.24. The molecule has 1 heterocycles. The molecule has 0 saturated carbocycles. The van der Waals surface area contributed by atoms with Crippen LogP contribution in [0.15, 0.2) is 73.3 Å².